The molecular weight excluding hydrogens is 370 g/mol. The van der Waals surface area contributed by atoms with Crippen LogP contribution in [0.25, 0.3) is 0 Å². The second-order valence-electron chi connectivity index (χ2n) is 4.21. The number of hydrogen-bond donors (Lipinski definition) is 1. The van der Waals surface area contributed by atoms with E-state index in [0.29, 0.717) is 6.61 Å². The second-order valence-corrected chi connectivity index (χ2v) is 5.98. The predicted molar refractivity (Wildman–Crippen MR) is 85.4 cm³/mol. The minimum atomic E-state index is 0.567. The van der Waals surface area contributed by atoms with E-state index in [1.165, 1.54) is 5.56 Å². The van der Waals surface area contributed by atoms with Gasteiger partial charge in [0.2, 0.25) is 0 Å². The van der Waals surface area contributed by atoms with E-state index in [4.69, 9.17) is 4.74 Å². The van der Waals surface area contributed by atoms with Gasteiger partial charge < -0.3 is 10.1 Å². The van der Waals surface area contributed by atoms with Gasteiger partial charge in [-0.25, -0.2) is 0 Å². The summed E-state index contributed by atoms with van der Waals surface area (Å²) >= 11 is 6.96. The van der Waals surface area contributed by atoms with Crippen LogP contribution in [0.1, 0.15) is 11.1 Å². The van der Waals surface area contributed by atoms with Crippen molar-refractivity contribution in [3.63, 3.8) is 0 Å². The molecule has 0 fully saturated rings. The van der Waals surface area contributed by atoms with Crippen molar-refractivity contribution in [2.24, 2.45) is 0 Å². The molecule has 0 radical (unpaired) electrons. The largest absolute Gasteiger partial charge is 0.488 e. The highest BCUT2D eigenvalue weighted by Gasteiger charge is 2.03. The highest BCUT2D eigenvalue weighted by molar-refractivity contribution is 9.10. The minimum Gasteiger partial charge on any atom is -0.488 e. The van der Waals surface area contributed by atoms with Crippen LogP contribution in [0, 0.1) is 0 Å². The maximum absolute atomic E-state index is 5.81. The lowest BCUT2D eigenvalue weighted by atomic mass is 10.2. The first kappa shape index (κ1) is 14.6. The average Bonchev–Trinajstić information content (AvgIpc) is 2.40. The SMILES string of the molecule is CNCc1ccc(OCc2ccc(Br)cc2)c(Br)c1. The molecule has 100 valence electrons. The standard InChI is InChI=1S/C15H15Br2NO/c1-18-9-12-4-7-15(14(17)8-12)19-10-11-2-5-13(16)6-3-11/h2-8,18H,9-10H2,1H3. The van der Waals surface area contributed by atoms with Gasteiger partial charge in [0.25, 0.3) is 0 Å². The van der Waals surface area contributed by atoms with Gasteiger partial charge in [-0.15, -0.1) is 0 Å². The summed E-state index contributed by atoms with van der Waals surface area (Å²) in [5.74, 6) is 0.864. The van der Waals surface area contributed by atoms with E-state index >= 15 is 0 Å². The zero-order chi connectivity index (χ0) is 13.7. The van der Waals surface area contributed by atoms with Crippen LogP contribution in [0.5, 0.6) is 5.75 Å². The Bertz CT molecular complexity index is 540. The van der Waals surface area contributed by atoms with Crippen LogP contribution >= 0.6 is 31.9 Å². The number of benzene rings is 2. The molecule has 0 amide bonds. The van der Waals surface area contributed by atoms with Crippen molar-refractivity contribution in [2.75, 3.05) is 7.05 Å². The Kier molecular flexibility index (Phi) is 5.43. The number of ether oxygens (including phenoxy) is 1. The predicted octanol–water partition coefficient (Wildman–Crippen LogP) is 4.51. The van der Waals surface area contributed by atoms with Crippen molar-refractivity contribution in [3.05, 3.63) is 62.5 Å². The van der Waals surface area contributed by atoms with Gasteiger partial charge in [-0.3, -0.25) is 0 Å². The van der Waals surface area contributed by atoms with Crippen molar-refractivity contribution in [1.82, 2.24) is 5.32 Å². The summed E-state index contributed by atoms with van der Waals surface area (Å²) in [4.78, 5) is 0. The number of nitrogens with one attached hydrogen (secondary N) is 1. The van der Waals surface area contributed by atoms with Gasteiger partial charge in [0.05, 0.1) is 4.47 Å². The van der Waals surface area contributed by atoms with E-state index in [2.05, 4.69) is 49.3 Å². The highest BCUT2D eigenvalue weighted by Crippen LogP contribution is 2.27. The Morgan fingerprint density at radius 1 is 1.00 bits per heavy atom. The number of hydrogen-bond acceptors (Lipinski definition) is 2. The Hall–Kier alpha value is -0.840. The molecular formula is C15H15Br2NO. The van der Waals surface area contributed by atoms with Crippen LogP contribution in [0.3, 0.4) is 0 Å². The third-order valence-electron chi connectivity index (χ3n) is 2.68. The highest BCUT2D eigenvalue weighted by atomic mass is 79.9. The van der Waals surface area contributed by atoms with Crippen molar-refractivity contribution in [1.29, 1.82) is 0 Å². The summed E-state index contributed by atoms with van der Waals surface area (Å²) in [6.45, 7) is 1.42. The normalized spacial score (nSPS) is 10.5. The minimum absolute atomic E-state index is 0.567. The van der Waals surface area contributed by atoms with Gasteiger partial charge in [0, 0.05) is 11.0 Å². The fourth-order valence-electron chi connectivity index (χ4n) is 1.72. The first-order chi connectivity index (χ1) is 9.19. The summed E-state index contributed by atoms with van der Waals surface area (Å²) < 4.78 is 7.87. The molecule has 19 heavy (non-hydrogen) atoms. The molecule has 2 aromatic carbocycles. The molecule has 1 N–H and O–H groups in total. The number of halogens is 2. The topological polar surface area (TPSA) is 21.3 Å². The smallest absolute Gasteiger partial charge is 0.134 e. The monoisotopic (exact) mass is 383 g/mol. The van der Waals surface area contributed by atoms with E-state index in [0.717, 1.165) is 26.8 Å². The molecule has 0 unspecified atom stereocenters. The Balaban J connectivity index is 2.01. The first-order valence-electron chi connectivity index (χ1n) is 5.99. The molecule has 4 heteroatoms. The molecule has 0 aliphatic rings. The molecule has 0 saturated heterocycles. The average molecular weight is 385 g/mol. The van der Waals surface area contributed by atoms with Gasteiger partial charge in [-0.1, -0.05) is 34.1 Å². The second kappa shape index (κ2) is 7.08. The molecule has 0 aliphatic heterocycles. The van der Waals surface area contributed by atoms with E-state index in [-0.39, 0.29) is 0 Å². The summed E-state index contributed by atoms with van der Waals surface area (Å²) in [7, 11) is 1.94. The van der Waals surface area contributed by atoms with Crippen molar-refractivity contribution < 1.29 is 4.74 Å². The molecule has 2 aromatic rings. The van der Waals surface area contributed by atoms with Gasteiger partial charge in [0.1, 0.15) is 12.4 Å². The van der Waals surface area contributed by atoms with Crippen LogP contribution in [-0.4, -0.2) is 7.05 Å². The Labute approximate surface area is 130 Å². The summed E-state index contributed by atoms with van der Waals surface area (Å²) in [6.07, 6.45) is 0. The third kappa shape index (κ3) is 4.34. The van der Waals surface area contributed by atoms with Gasteiger partial charge in [-0.2, -0.15) is 0 Å². The lowest BCUT2D eigenvalue weighted by Gasteiger charge is -2.10. The van der Waals surface area contributed by atoms with E-state index < -0.39 is 0 Å². The van der Waals surface area contributed by atoms with Crippen molar-refractivity contribution in [2.45, 2.75) is 13.2 Å². The molecule has 0 aliphatic carbocycles. The van der Waals surface area contributed by atoms with Crippen LogP contribution in [-0.2, 0) is 13.2 Å². The van der Waals surface area contributed by atoms with E-state index in [1.807, 2.05) is 37.4 Å². The van der Waals surface area contributed by atoms with Gasteiger partial charge in [0.15, 0.2) is 0 Å². The van der Waals surface area contributed by atoms with Crippen molar-refractivity contribution >= 4 is 31.9 Å². The lowest BCUT2D eigenvalue weighted by Crippen LogP contribution is -2.05. The fraction of sp³-hybridized carbons (Fsp3) is 0.200. The van der Waals surface area contributed by atoms with Crippen LogP contribution < -0.4 is 10.1 Å². The quantitative estimate of drug-likeness (QED) is 0.818. The molecule has 0 heterocycles. The maximum Gasteiger partial charge on any atom is 0.134 e. The summed E-state index contributed by atoms with van der Waals surface area (Å²) in [5.41, 5.74) is 2.37. The molecule has 0 atom stereocenters. The van der Waals surface area contributed by atoms with Crippen LogP contribution in [0.2, 0.25) is 0 Å². The summed E-state index contributed by atoms with van der Waals surface area (Å²) in [5, 5.41) is 3.13. The molecule has 0 bridgehead atoms. The lowest BCUT2D eigenvalue weighted by molar-refractivity contribution is 0.304. The number of rotatable bonds is 5. The zero-order valence-electron chi connectivity index (χ0n) is 10.6. The van der Waals surface area contributed by atoms with Crippen LogP contribution in [0.15, 0.2) is 51.4 Å². The molecule has 2 nitrogen and oxygen atoms in total. The first-order valence-corrected chi connectivity index (χ1v) is 7.58. The molecule has 0 spiro atoms. The van der Waals surface area contributed by atoms with E-state index in [9.17, 15) is 0 Å². The Morgan fingerprint density at radius 2 is 1.68 bits per heavy atom. The van der Waals surface area contributed by atoms with Crippen molar-refractivity contribution in [3.8, 4) is 5.75 Å². The molecule has 2 rings (SSSR count). The zero-order valence-corrected chi connectivity index (χ0v) is 13.8. The van der Waals surface area contributed by atoms with Gasteiger partial charge in [-0.05, 0) is 58.4 Å². The third-order valence-corrected chi connectivity index (χ3v) is 3.83. The van der Waals surface area contributed by atoms with Gasteiger partial charge >= 0.3 is 0 Å². The van der Waals surface area contributed by atoms with E-state index in [1.54, 1.807) is 0 Å². The Morgan fingerprint density at radius 3 is 2.32 bits per heavy atom. The maximum atomic E-state index is 5.81. The summed E-state index contributed by atoms with van der Waals surface area (Å²) in [6, 6.07) is 14.3. The molecule has 0 saturated carbocycles. The van der Waals surface area contributed by atoms with Crippen LogP contribution in [0.4, 0.5) is 0 Å². The molecule has 0 aromatic heterocycles. The fourth-order valence-corrected chi connectivity index (χ4v) is 2.52.